The Kier molecular flexibility index (Phi) is 17.9. The minimum atomic E-state index is 0.272. The summed E-state index contributed by atoms with van der Waals surface area (Å²) >= 11 is 0. The highest BCUT2D eigenvalue weighted by molar-refractivity contribution is 5.85. The molecule has 3 aromatic heterocycles. The van der Waals surface area contributed by atoms with Crippen LogP contribution in [-0.4, -0.2) is 128 Å². The van der Waals surface area contributed by atoms with Gasteiger partial charge in [-0.1, -0.05) is 115 Å². The lowest BCUT2D eigenvalue weighted by atomic mass is 9.90. The Labute approximate surface area is 503 Å². The van der Waals surface area contributed by atoms with Gasteiger partial charge in [0, 0.05) is 65.4 Å². The maximum absolute atomic E-state index is 9.55. The average Bonchev–Trinajstić information content (AvgIpc) is 3.28. The summed E-state index contributed by atoms with van der Waals surface area (Å²) in [5, 5.41) is 28.5. The molecule has 0 radical (unpaired) electrons. The number of hydrogen-bond acceptors (Lipinski definition) is 14. The molecule has 14 nitrogen and oxygen atoms in total. The van der Waals surface area contributed by atoms with E-state index in [0.717, 1.165) is 181 Å². The number of phenolic OH excluding ortho intramolecular Hbond substituents is 3. The molecular weight excluding hydrogens is 1070 g/mol. The Balaban J connectivity index is 0.000000127. The number of hydrogen-bond donors (Lipinski definition) is 3. The molecule has 86 heavy (non-hydrogen) atoms. The summed E-state index contributed by atoms with van der Waals surface area (Å²) in [6.07, 6.45) is 11.5. The standard InChI is InChI=1S/C26H26N4O.C26H25N3O.C20H22N4O/c31-23-10-7-21(8-11-23)22-9-12-24-25(17-22)28-26(18-27-24)30-14-4-13-29(15-16-30)19-20-5-2-1-3-6-20;30-23-9-6-21(7-10-23)22-8-11-24-25(17-22)28-26(18-27-24)29-14-12-20(13-15-29)16-19-4-2-1-3-5-19;1-23-9-2-10-24(12-11-23)20-14-21-18-8-5-16(13-19(18)22-20)15-3-6-17(25)7-4-15/h1-3,5-12,17-18,31H,4,13-16,19H2;1-11,17-18,20,30H,12-16H2;3-8,13-14,25H,2,9-12H2,1H3. The molecule has 6 heterocycles. The number of rotatable bonds is 10. The first-order valence-corrected chi connectivity index (χ1v) is 30.1. The molecule has 0 unspecified atom stereocenters. The van der Waals surface area contributed by atoms with Gasteiger partial charge in [0.25, 0.3) is 0 Å². The molecule has 3 aliphatic heterocycles. The molecule has 3 saturated heterocycles. The second kappa shape index (κ2) is 27.0. The van der Waals surface area contributed by atoms with Gasteiger partial charge in [-0.3, -0.25) is 19.9 Å². The van der Waals surface area contributed by atoms with Crippen molar-refractivity contribution in [3.05, 3.63) is 218 Å². The van der Waals surface area contributed by atoms with E-state index in [9.17, 15) is 15.3 Å². The SMILES string of the molecule is CN1CCCN(c2cnc3ccc(-c4ccc(O)cc4)cc3n2)CC1.Oc1ccc(-c2ccc3ncc(N4CCC(Cc5ccccc5)CC4)nc3c2)cc1.Oc1ccc(-c2ccc3ncc(N4CCCN(Cc5ccccc5)CC4)nc3c2)cc1. The molecule has 3 fully saturated rings. The fourth-order valence-corrected chi connectivity index (χ4v) is 11.8. The first kappa shape index (κ1) is 57.0. The van der Waals surface area contributed by atoms with Crippen molar-refractivity contribution in [3.8, 4) is 50.6 Å². The number of likely N-dealkylation sites (N-methyl/N-ethyl adjacent to an activating group) is 1. The fourth-order valence-electron chi connectivity index (χ4n) is 11.8. The zero-order valence-corrected chi connectivity index (χ0v) is 48.8. The number of nitrogens with zero attached hydrogens (tertiary/aromatic N) is 11. The van der Waals surface area contributed by atoms with E-state index >= 15 is 0 Å². The van der Waals surface area contributed by atoms with Crippen LogP contribution in [0.3, 0.4) is 0 Å². The lowest BCUT2D eigenvalue weighted by molar-refractivity contribution is 0.285. The maximum Gasteiger partial charge on any atom is 0.147 e. The molecule has 3 N–H and O–H groups in total. The molecule has 14 heteroatoms. The van der Waals surface area contributed by atoms with E-state index in [2.05, 4.69) is 137 Å². The van der Waals surface area contributed by atoms with Crippen LogP contribution in [0.15, 0.2) is 207 Å². The monoisotopic (exact) mass is 1140 g/mol. The molecular formula is C72H73N11O3. The van der Waals surface area contributed by atoms with Crippen molar-refractivity contribution in [1.82, 2.24) is 39.7 Å². The second-order valence-corrected chi connectivity index (χ2v) is 22.8. The third-order valence-corrected chi connectivity index (χ3v) is 16.7. The smallest absolute Gasteiger partial charge is 0.147 e. The van der Waals surface area contributed by atoms with Gasteiger partial charge in [0.1, 0.15) is 34.7 Å². The topological polar surface area (TPSA) is 154 Å². The lowest BCUT2D eigenvalue weighted by Gasteiger charge is -2.32. The van der Waals surface area contributed by atoms with Gasteiger partial charge in [-0.2, -0.15) is 0 Å². The van der Waals surface area contributed by atoms with Crippen molar-refractivity contribution < 1.29 is 15.3 Å². The van der Waals surface area contributed by atoms with Crippen LogP contribution in [-0.2, 0) is 13.0 Å². The third-order valence-electron chi connectivity index (χ3n) is 16.7. The predicted octanol–water partition coefficient (Wildman–Crippen LogP) is 13.3. The average molecular weight is 1140 g/mol. The summed E-state index contributed by atoms with van der Waals surface area (Å²) in [5.41, 5.74) is 14.6. The molecule has 0 saturated carbocycles. The van der Waals surface area contributed by atoms with Gasteiger partial charge in [0.2, 0.25) is 0 Å². The van der Waals surface area contributed by atoms with Gasteiger partial charge in [-0.15, -0.1) is 0 Å². The normalized spacial score (nSPS) is 15.3. The van der Waals surface area contributed by atoms with Gasteiger partial charge in [0.05, 0.1) is 51.7 Å². The number of fused-ring (bicyclic) bond motifs is 3. The summed E-state index contributed by atoms with van der Waals surface area (Å²) in [6, 6.07) is 61.6. The molecule has 11 aromatic rings. The summed E-state index contributed by atoms with van der Waals surface area (Å²) in [5.74, 6) is 4.41. The first-order chi connectivity index (χ1) is 42.2. The molecule has 8 aromatic carbocycles. The lowest BCUT2D eigenvalue weighted by Crippen LogP contribution is -2.34. The van der Waals surface area contributed by atoms with Gasteiger partial charge in [0.15, 0.2) is 0 Å². The summed E-state index contributed by atoms with van der Waals surface area (Å²) in [7, 11) is 2.17. The first-order valence-electron chi connectivity index (χ1n) is 30.1. The van der Waals surface area contributed by atoms with E-state index in [1.807, 2.05) is 79.3 Å². The van der Waals surface area contributed by atoms with Gasteiger partial charge in [-0.05, 0) is 169 Å². The van der Waals surface area contributed by atoms with Crippen LogP contribution in [0.25, 0.3) is 66.5 Å². The highest BCUT2D eigenvalue weighted by Crippen LogP contribution is 2.31. The minimum absolute atomic E-state index is 0.272. The fraction of sp³-hybridized carbons (Fsp3) is 0.250. The Morgan fingerprint density at radius 3 is 1.19 bits per heavy atom. The second-order valence-electron chi connectivity index (χ2n) is 22.8. The van der Waals surface area contributed by atoms with E-state index in [1.165, 1.54) is 24.0 Å². The van der Waals surface area contributed by atoms with Crippen molar-refractivity contribution in [2.75, 3.05) is 87.2 Å². The highest BCUT2D eigenvalue weighted by atomic mass is 16.3. The van der Waals surface area contributed by atoms with Crippen LogP contribution in [0.1, 0.15) is 36.8 Å². The van der Waals surface area contributed by atoms with Crippen LogP contribution in [0.5, 0.6) is 17.2 Å². The largest absolute Gasteiger partial charge is 0.508 e. The summed E-state index contributed by atoms with van der Waals surface area (Å²) in [6.45, 7) is 11.3. The predicted molar refractivity (Wildman–Crippen MR) is 348 cm³/mol. The maximum atomic E-state index is 9.55. The van der Waals surface area contributed by atoms with E-state index in [1.54, 1.807) is 36.4 Å². The van der Waals surface area contributed by atoms with Gasteiger partial charge in [-0.25, -0.2) is 15.0 Å². The van der Waals surface area contributed by atoms with Crippen LogP contribution in [0, 0.1) is 5.92 Å². The van der Waals surface area contributed by atoms with Gasteiger partial charge >= 0.3 is 0 Å². The summed E-state index contributed by atoms with van der Waals surface area (Å²) < 4.78 is 0. The molecule has 3 aliphatic rings. The van der Waals surface area contributed by atoms with Crippen molar-refractivity contribution in [1.29, 1.82) is 0 Å². The molecule has 14 rings (SSSR count). The number of benzene rings is 8. The Bertz CT molecular complexity index is 4000. The number of aromatic nitrogens is 6. The minimum Gasteiger partial charge on any atom is -0.508 e. The number of phenols is 3. The molecule has 0 spiro atoms. The van der Waals surface area contributed by atoms with Crippen molar-refractivity contribution in [2.45, 2.75) is 38.6 Å². The quantitative estimate of drug-likeness (QED) is 0.119. The zero-order chi connectivity index (χ0) is 58.6. The van der Waals surface area contributed by atoms with Crippen LogP contribution in [0.4, 0.5) is 17.5 Å². The van der Waals surface area contributed by atoms with Crippen molar-refractivity contribution in [3.63, 3.8) is 0 Å². The summed E-state index contributed by atoms with van der Waals surface area (Å²) in [4.78, 5) is 40.6. The van der Waals surface area contributed by atoms with Crippen LogP contribution < -0.4 is 14.7 Å². The Hall–Kier alpha value is -9.50. The number of aromatic hydroxyl groups is 3. The van der Waals surface area contributed by atoms with Crippen LogP contribution >= 0.6 is 0 Å². The molecule has 0 aliphatic carbocycles. The Morgan fingerprint density at radius 1 is 0.360 bits per heavy atom. The highest BCUT2D eigenvalue weighted by Gasteiger charge is 2.22. The van der Waals surface area contributed by atoms with Crippen molar-refractivity contribution in [2.24, 2.45) is 5.92 Å². The number of piperidine rings is 1. The molecule has 434 valence electrons. The van der Waals surface area contributed by atoms with E-state index in [-0.39, 0.29) is 17.2 Å². The third kappa shape index (κ3) is 14.5. The molecule has 0 amide bonds. The Morgan fingerprint density at radius 2 is 0.744 bits per heavy atom. The van der Waals surface area contributed by atoms with Crippen molar-refractivity contribution >= 4 is 50.6 Å². The van der Waals surface area contributed by atoms with Crippen LogP contribution in [0.2, 0.25) is 0 Å². The zero-order valence-electron chi connectivity index (χ0n) is 48.8. The van der Waals surface area contributed by atoms with E-state index in [0.29, 0.717) is 0 Å². The van der Waals surface area contributed by atoms with E-state index in [4.69, 9.17) is 15.0 Å². The number of anilines is 3. The molecule has 0 bridgehead atoms. The van der Waals surface area contributed by atoms with E-state index < -0.39 is 0 Å². The molecule has 0 atom stereocenters. The van der Waals surface area contributed by atoms with Gasteiger partial charge < -0.3 is 34.9 Å².